The lowest BCUT2D eigenvalue weighted by Gasteiger charge is -1.99. The number of hydrogen-bond donors (Lipinski definition) is 3. The van der Waals surface area contributed by atoms with Gasteiger partial charge in [-0.3, -0.25) is 0 Å². The second-order valence-corrected chi connectivity index (χ2v) is 2.77. The molecule has 0 aromatic heterocycles. The highest BCUT2D eigenvalue weighted by Gasteiger charge is 1.92. The SMILES string of the molecule is CCNC(=O)OCC.Oc1cccc(O)c1. The van der Waals surface area contributed by atoms with Crippen LogP contribution in [0.15, 0.2) is 24.3 Å². The Bertz CT molecular complexity index is 289. The number of hydrogen-bond acceptors (Lipinski definition) is 4. The second kappa shape index (κ2) is 8.40. The number of nitrogens with one attached hydrogen (secondary N) is 1. The highest BCUT2D eigenvalue weighted by molar-refractivity contribution is 5.66. The van der Waals surface area contributed by atoms with Gasteiger partial charge in [-0.2, -0.15) is 0 Å². The van der Waals surface area contributed by atoms with Crippen LogP contribution in [-0.4, -0.2) is 29.5 Å². The zero-order chi connectivity index (χ0) is 12.4. The molecule has 3 N–H and O–H groups in total. The fourth-order valence-corrected chi connectivity index (χ4v) is 0.819. The summed E-state index contributed by atoms with van der Waals surface area (Å²) in [7, 11) is 0. The lowest BCUT2D eigenvalue weighted by atomic mass is 10.3. The molecule has 16 heavy (non-hydrogen) atoms. The lowest BCUT2D eigenvalue weighted by Crippen LogP contribution is -2.23. The van der Waals surface area contributed by atoms with Crippen molar-refractivity contribution in [3.8, 4) is 11.5 Å². The fourth-order valence-electron chi connectivity index (χ4n) is 0.819. The van der Waals surface area contributed by atoms with Crippen molar-refractivity contribution in [2.24, 2.45) is 0 Å². The summed E-state index contributed by atoms with van der Waals surface area (Å²) in [5.41, 5.74) is 0. The van der Waals surface area contributed by atoms with Crippen LogP contribution in [0.3, 0.4) is 0 Å². The van der Waals surface area contributed by atoms with Crippen LogP contribution in [0.25, 0.3) is 0 Å². The molecule has 0 radical (unpaired) electrons. The average Bonchev–Trinajstić information content (AvgIpc) is 2.18. The van der Waals surface area contributed by atoms with Crippen LogP contribution >= 0.6 is 0 Å². The summed E-state index contributed by atoms with van der Waals surface area (Å²) in [6.07, 6.45) is -0.338. The summed E-state index contributed by atoms with van der Waals surface area (Å²) in [5, 5.41) is 19.8. The van der Waals surface area contributed by atoms with Crippen molar-refractivity contribution in [1.82, 2.24) is 5.32 Å². The van der Waals surface area contributed by atoms with E-state index in [-0.39, 0.29) is 17.6 Å². The minimum absolute atomic E-state index is 0.0880. The zero-order valence-electron chi connectivity index (χ0n) is 9.43. The monoisotopic (exact) mass is 227 g/mol. The van der Waals surface area contributed by atoms with E-state index in [9.17, 15) is 4.79 Å². The first-order chi connectivity index (χ1) is 7.60. The molecule has 1 amide bonds. The fraction of sp³-hybridized carbons (Fsp3) is 0.364. The van der Waals surface area contributed by atoms with Gasteiger partial charge in [0.05, 0.1) is 6.61 Å². The number of alkyl carbamates (subject to hydrolysis) is 1. The number of rotatable bonds is 2. The number of carbonyl (C=O) groups is 1. The molecule has 0 saturated carbocycles. The Labute approximate surface area is 94.7 Å². The van der Waals surface area contributed by atoms with Crippen molar-refractivity contribution in [2.75, 3.05) is 13.2 Å². The Hall–Kier alpha value is -1.91. The van der Waals surface area contributed by atoms with E-state index in [1.165, 1.54) is 18.2 Å². The molecular weight excluding hydrogens is 210 g/mol. The molecule has 0 aliphatic carbocycles. The van der Waals surface area contributed by atoms with Crippen molar-refractivity contribution < 1.29 is 19.7 Å². The Morgan fingerprint density at radius 1 is 1.31 bits per heavy atom. The molecule has 0 unspecified atom stereocenters. The van der Waals surface area contributed by atoms with Gasteiger partial charge in [-0.15, -0.1) is 0 Å². The van der Waals surface area contributed by atoms with E-state index >= 15 is 0 Å². The minimum Gasteiger partial charge on any atom is -0.508 e. The lowest BCUT2D eigenvalue weighted by molar-refractivity contribution is 0.153. The van der Waals surface area contributed by atoms with Crippen molar-refractivity contribution in [2.45, 2.75) is 13.8 Å². The molecule has 0 fully saturated rings. The van der Waals surface area contributed by atoms with Crippen LogP contribution in [-0.2, 0) is 4.74 Å². The van der Waals surface area contributed by atoms with Gasteiger partial charge < -0.3 is 20.3 Å². The van der Waals surface area contributed by atoms with Crippen LogP contribution in [0.5, 0.6) is 11.5 Å². The number of benzene rings is 1. The van der Waals surface area contributed by atoms with Gasteiger partial charge in [0, 0.05) is 12.6 Å². The number of phenolic OH excluding ortho intramolecular Hbond substituents is 2. The molecule has 0 saturated heterocycles. The number of phenols is 2. The maximum Gasteiger partial charge on any atom is 0.407 e. The molecule has 1 rings (SSSR count). The van der Waals surface area contributed by atoms with Gasteiger partial charge in [-0.25, -0.2) is 4.79 Å². The molecule has 0 aliphatic rings. The van der Waals surface area contributed by atoms with Crippen LogP contribution in [0.4, 0.5) is 4.79 Å². The molecule has 0 aliphatic heterocycles. The van der Waals surface area contributed by atoms with Gasteiger partial charge in [-0.1, -0.05) is 6.07 Å². The topological polar surface area (TPSA) is 78.8 Å². The second-order valence-electron chi connectivity index (χ2n) is 2.77. The number of ether oxygens (including phenoxy) is 1. The quantitative estimate of drug-likeness (QED) is 0.720. The average molecular weight is 227 g/mol. The zero-order valence-corrected chi connectivity index (χ0v) is 9.43. The summed E-state index contributed by atoms with van der Waals surface area (Å²) in [5.74, 6) is 0.176. The highest BCUT2D eigenvalue weighted by atomic mass is 16.5. The summed E-state index contributed by atoms with van der Waals surface area (Å²) < 4.78 is 4.53. The Balaban J connectivity index is 0.000000281. The summed E-state index contributed by atoms with van der Waals surface area (Å²) in [6, 6.07) is 5.85. The predicted molar refractivity (Wildman–Crippen MR) is 60.5 cm³/mol. The molecule has 1 aromatic rings. The summed E-state index contributed by atoms with van der Waals surface area (Å²) >= 11 is 0. The van der Waals surface area contributed by atoms with Crippen LogP contribution < -0.4 is 5.32 Å². The molecule has 0 bridgehead atoms. The van der Waals surface area contributed by atoms with Crippen molar-refractivity contribution >= 4 is 6.09 Å². The van der Waals surface area contributed by atoms with Crippen LogP contribution in [0.2, 0.25) is 0 Å². The number of aromatic hydroxyl groups is 2. The first-order valence-corrected chi connectivity index (χ1v) is 4.98. The summed E-state index contributed by atoms with van der Waals surface area (Å²) in [4.78, 5) is 10.3. The first-order valence-electron chi connectivity index (χ1n) is 4.98. The van der Waals surface area contributed by atoms with E-state index in [0.717, 1.165) is 0 Å². The first kappa shape index (κ1) is 14.1. The van der Waals surface area contributed by atoms with E-state index in [1.54, 1.807) is 13.0 Å². The van der Waals surface area contributed by atoms with Gasteiger partial charge in [0.1, 0.15) is 11.5 Å². The third-order valence-corrected chi connectivity index (χ3v) is 1.43. The predicted octanol–water partition coefficient (Wildman–Crippen LogP) is 1.85. The molecule has 5 heteroatoms. The Kier molecular flexibility index (Phi) is 7.40. The van der Waals surface area contributed by atoms with E-state index in [0.29, 0.717) is 13.2 Å². The smallest absolute Gasteiger partial charge is 0.407 e. The van der Waals surface area contributed by atoms with Crippen LogP contribution in [0, 0.1) is 0 Å². The Morgan fingerprint density at radius 2 is 1.88 bits per heavy atom. The third kappa shape index (κ3) is 7.49. The Morgan fingerprint density at radius 3 is 2.19 bits per heavy atom. The maximum absolute atomic E-state index is 10.3. The normalized spacial score (nSPS) is 8.62. The largest absolute Gasteiger partial charge is 0.508 e. The summed E-state index contributed by atoms with van der Waals surface area (Å²) in [6.45, 7) is 4.68. The van der Waals surface area contributed by atoms with E-state index in [4.69, 9.17) is 10.2 Å². The van der Waals surface area contributed by atoms with Crippen molar-refractivity contribution in [3.63, 3.8) is 0 Å². The molecule has 5 nitrogen and oxygen atoms in total. The molecular formula is C11H17NO4. The molecule has 1 aromatic carbocycles. The molecule has 0 spiro atoms. The highest BCUT2D eigenvalue weighted by Crippen LogP contribution is 2.14. The number of carbonyl (C=O) groups excluding carboxylic acids is 1. The van der Waals surface area contributed by atoms with Gasteiger partial charge in [0.2, 0.25) is 0 Å². The third-order valence-electron chi connectivity index (χ3n) is 1.43. The molecule has 90 valence electrons. The van der Waals surface area contributed by atoms with E-state index in [1.807, 2.05) is 6.92 Å². The van der Waals surface area contributed by atoms with Gasteiger partial charge >= 0.3 is 6.09 Å². The number of amides is 1. The van der Waals surface area contributed by atoms with Gasteiger partial charge in [0.25, 0.3) is 0 Å². The molecule has 0 atom stereocenters. The van der Waals surface area contributed by atoms with Crippen LogP contribution in [0.1, 0.15) is 13.8 Å². The maximum atomic E-state index is 10.3. The van der Waals surface area contributed by atoms with Gasteiger partial charge in [-0.05, 0) is 26.0 Å². The van der Waals surface area contributed by atoms with Crippen molar-refractivity contribution in [1.29, 1.82) is 0 Å². The van der Waals surface area contributed by atoms with E-state index < -0.39 is 0 Å². The minimum atomic E-state index is -0.338. The molecule has 0 heterocycles. The standard InChI is InChI=1S/C6H6O2.C5H11NO2/c7-5-2-1-3-6(8)4-5;1-3-6-5(7)8-4-2/h1-4,7-8H;3-4H2,1-2H3,(H,6,7). The van der Waals surface area contributed by atoms with Gasteiger partial charge in [0.15, 0.2) is 0 Å². The van der Waals surface area contributed by atoms with Crippen molar-refractivity contribution in [3.05, 3.63) is 24.3 Å². The van der Waals surface area contributed by atoms with E-state index in [2.05, 4.69) is 10.1 Å².